The molecular formula is C104H68N20O16. The Kier molecular flexibility index (Phi) is 23.7. The van der Waals surface area contributed by atoms with Crippen molar-refractivity contribution in [1.82, 2.24) is 29.4 Å². The number of anilines is 2. The summed E-state index contributed by atoms with van der Waals surface area (Å²) >= 11 is 0. The summed E-state index contributed by atoms with van der Waals surface area (Å²) < 4.78 is 0. The summed E-state index contributed by atoms with van der Waals surface area (Å²) in [5.41, 5.74) is -3.27. The lowest BCUT2D eigenvalue weighted by Gasteiger charge is -2.37. The van der Waals surface area contributed by atoms with E-state index in [0.29, 0.717) is 22.3 Å². The molecule has 0 bridgehead atoms. The molecule has 140 heavy (non-hydrogen) atoms. The van der Waals surface area contributed by atoms with Crippen LogP contribution in [0.3, 0.4) is 0 Å². The molecule has 10 aromatic carbocycles. The topological polar surface area (TPSA) is 468 Å². The van der Waals surface area contributed by atoms with Gasteiger partial charge in [-0.25, -0.2) is 38.9 Å². The van der Waals surface area contributed by atoms with Crippen molar-refractivity contribution in [3.05, 3.63) is 274 Å². The lowest BCUT2D eigenvalue weighted by molar-refractivity contribution is 0.0598. The number of rotatable bonds is 12. The molecule has 8 aliphatic rings. The lowest BCUT2D eigenvalue weighted by atomic mass is 9.78. The van der Waals surface area contributed by atoms with Gasteiger partial charge in [0.05, 0.1) is 129 Å². The maximum Gasteiger partial charge on any atom is 0.267 e. The van der Waals surface area contributed by atoms with Gasteiger partial charge in [0.2, 0.25) is 45.9 Å². The number of hydrogen-bond donors (Lipinski definition) is 0. The predicted molar refractivity (Wildman–Crippen MR) is 499 cm³/mol. The molecule has 36 nitrogen and oxygen atoms in total. The number of benzene rings is 10. The van der Waals surface area contributed by atoms with Crippen LogP contribution in [0.25, 0.3) is 72.2 Å². The first-order chi connectivity index (χ1) is 66.8. The maximum atomic E-state index is 14.9. The third-order valence-electron chi connectivity index (χ3n) is 25.8. The van der Waals surface area contributed by atoms with Gasteiger partial charge in [0.15, 0.2) is 0 Å². The Labute approximate surface area is 796 Å². The average molecular weight is 1850 g/mol. The van der Waals surface area contributed by atoms with Crippen molar-refractivity contribution >= 4 is 183 Å². The molecule has 36 heteroatoms. The highest BCUT2D eigenvalue weighted by Crippen LogP contribution is 2.57. The van der Waals surface area contributed by atoms with Crippen LogP contribution in [0.2, 0.25) is 0 Å². The molecule has 0 aliphatic carbocycles. The molecule has 8 heterocycles. The van der Waals surface area contributed by atoms with E-state index in [9.17, 15) is 108 Å². The number of amides is 16. The zero-order valence-electron chi connectivity index (χ0n) is 76.8. The highest BCUT2D eigenvalue weighted by Gasteiger charge is 2.53. The van der Waals surface area contributed by atoms with Gasteiger partial charge in [0.1, 0.15) is 36.4 Å². The van der Waals surface area contributed by atoms with Crippen LogP contribution in [0, 0.1) is 107 Å². The van der Waals surface area contributed by atoms with E-state index in [1.54, 1.807) is 64.1 Å². The Morgan fingerprint density at radius 3 is 0.729 bits per heavy atom. The summed E-state index contributed by atoms with van der Waals surface area (Å²) in [5.74, 6) is -12.9. The number of imide groups is 8. The molecule has 0 radical (unpaired) electrons. The summed E-state index contributed by atoms with van der Waals surface area (Å²) in [5, 5.41) is 59.7. The fourth-order valence-electron chi connectivity index (χ4n) is 19.7. The third kappa shape index (κ3) is 12.8. The normalized spacial score (nSPS) is 14.4. The van der Waals surface area contributed by atoms with E-state index in [4.69, 9.17) is 39.4 Å². The van der Waals surface area contributed by atoms with Gasteiger partial charge in [-0.2, -0.15) is 31.6 Å². The standard InChI is InChI=1S/C42H34N6O4.C22H10N6O4.2C20H12N4O4/c1-19(2)23-13-11-14-24(20(3)4)37(23)47-39(49)29-27(17-43)28(18-44)30-32-31(29)33(41(47)51)35(45-9)36(46-10)34(32)42(52)48(40(30)50)38-25(21(5)6)15-12-16-26(38)22(7)8;1-5-27-19(29)11-9(7-23)10(8-24)12-14-13(11)15(21(27)31)17(25-3)18(26-4)16(14)22(32)28(6-2)20(12)30;1-4-23-18(26)11-7-12(22-3)16-15-10(17(25)24(5-2)20(16)28)6-9(8-21)13(14(11)15)19(23)27;1-4-23-17(25)10-6-9(8-21)13-16-14(10)11(18(23)26)7-12(22-3)15(16)20(28)24(5-2)19(13)27/h11-16,19-22H,1-8H3;5-6H2,1-2H3;2*6-7H,4-5H2,1-2H3. The summed E-state index contributed by atoms with van der Waals surface area (Å²) in [4.78, 5) is 244. The van der Waals surface area contributed by atoms with Crippen LogP contribution < -0.4 is 9.80 Å². The van der Waals surface area contributed by atoms with Crippen LogP contribution in [0.4, 0.5) is 45.5 Å². The second kappa shape index (κ2) is 35.0. The van der Waals surface area contributed by atoms with Crippen molar-refractivity contribution in [3.63, 3.8) is 0 Å². The quantitative estimate of drug-likeness (QED) is 0.0809. The Hall–Kier alpha value is -19.8. The summed E-state index contributed by atoms with van der Waals surface area (Å²) in [6.07, 6.45) is 0. The van der Waals surface area contributed by atoms with Crippen LogP contribution in [0.1, 0.15) is 342 Å². The smallest absolute Gasteiger partial charge is 0.267 e. The molecule has 0 unspecified atom stereocenters. The number of carbonyl (C=O) groups excluding carboxylic acids is 16. The molecule has 18 rings (SSSR count). The minimum absolute atomic E-state index is 0.0125. The molecule has 0 N–H and O–H groups in total. The minimum Gasteiger partial charge on any atom is -0.276 e. The highest BCUT2D eigenvalue weighted by atomic mass is 16.2. The first kappa shape index (κ1) is 94.9. The largest absolute Gasteiger partial charge is 0.276 e. The van der Waals surface area contributed by atoms with Crippen LogP contribution in [-0.4, -0.2) is 163 Å². The summed E-state index contributed by atoms with van der Waals surface area (Å²) in [6, 6.07) is 27.3. The van der Waals surface area contributed by atoms with E-state index in [-0.39, 0.29) is 229 Å². The van der Waals surface area contributed by atoms with E-state index >= 15 is 0 Å². The lowest BCUT2D eigenvalue weighted by Crippen LogP contribution is -2.45. The molecule has 0 fully saturated rings. The van der Waals surface area contributed by atoms with Gasteiger partial charge in [-0.15, -0.1) is 0 Å². The van der Waals surface area contributed by atoms with Crippen molar-refractivity contribution < 1.29 is 76.7 Å². The molecule has 16 amide bonds. The molecule has 0 spiro atoms. The molecular weight excluding hydrogens is 1790 g/mol. The van der Waals surface area contributed by atoms with Crippen molar-refractivity contribution in [3.8, 4) is 36.4 Å². The minimum atomic E-state index is -0.931. The first-order valence-corrected chi connectivity index (χ1v) is 43.5. The molecule has 0 aromatic heterocycles. The van der Waals surface area contributed by atoms with Crippen molar-refractivity contribution in [2.75, 3.05) is 49.1 Å². The van der Waals surface area contributed by atoms with Gasteiger partial charge < -0.3 is 0 Å². The van der Waals surface area contributed by atoms with Crippen LogP contribution in [0.5, 0.6) is 0 Å². The first-order valence-electron chi connectivity index (χ1n) is 43.5. The Morgan fingerprint density at radius 2 is 0.457 bits per heavy atom. The van der Waals surface area contributed by atoms with Crippen LogP contribution in [-0.2, 0) is 0 Å². The number of hydrogen-bond acceptors (Lipinski definition) is 22. The van der Waals surface area contributed by atoms with Gasteiger partial charge in [0, 0.05) is 94.5 Å². The number of nitrogens with zero attached hydrogens (tertiary/aromatic N) is 20. The van der Waals surface area contributed by atoms with Gasteiger partial charge in [-0.1, -0.05) is 91.8 Å². The van der Waals surface area contributed by atoms with E-state index in [1.807, 2.05) is 91.8 Å². The fraction of sp³-hybridized carbons (Fsp3) is 0.231. The van der Waals surface area contributed by atoms with Crippen molar-refractivity contribution in [1.29, 1.82) is 31.6 Å². The van der Waals surface area contributed by atoms with E-state index in [0.717, 1.165) is 39.2 Å². The molecule has 0 saturated heterocycles. The Morgan fingerprint density at radius 1 is 0.250 bits per heavy atom. The van der Waals surface area contributed by atoms with E-state index in [2.05, 4.69) is 29.1 Å². The highest BCUT2D eigenvalue weighted by molar-refractivity contribution is 6.48. The van der Waals surface area contributed by atoms with E-state index in [1.165, 1.54) is 38.1 Å². The monoisotopic (exact) mass is 1850 g/mol. The van der Waals surface area contributed by atoms with Crippen molar-refractivity contribution in [2.45, 2.75) is 121 Å². The molecule has 10 aromatic rings. The van der Waals surface area contributed by atoms with Crippen LogP contribution in [0.15, 0.2) is 60.7 Å². The van der Waals surface area contributed by atoms with E-state index < -0.39 is 140 Å². The molecule has 680 valence electrons. The number of para-hydroxylation sites is 2. The van der Waals surface area contributed by atoms with Gasteiger partial charge in [-0.3, -0.25) is 106 Å². The Bertz CT molecular complexity index is 7690. The third-order valence-corrected chi connectivity index (χ3v) is 25.8. The molecule has 0 atom stereocenters. The SMILES string of the molecule is [C-]#[N+]c1c([N+]#[C-])c2c3c(c(C#N)c(C#N)c4c3c1C(=O)N(CC)C4=O)C(=O)N(CC)C2=O.[C-]#[N+]c1c([N+]#[C-])c2c3c(c(C#N)c(C#N)c4c3c1C(=O)N(c1c(C(C)C)cccc1C(C)C)C4=O)C(=O)N(c1c(C(C)C)cccc1C(C)C)C2=O.[C-]#[N+]c1cc2c3c(c(C#N)cc4c3c1C(=O)N(CC)C4=O)C(=O)N(CC)C2=O.[C-]#[N+]c1cc2c3c(cc(C#N)c4c3c1C(=O)N(CC)C4=O)C(=O)N(CC)C2=O. The average Bonchev–Trinajstić information content (AvgIpc) is 0.681. The summed E-state index contributed by atoms with van der Waals surface area (Å²) in [6.45, 7) is 71.6. The zero-order valence-corrected chi connectivity index (χ0v) is 76.8. The summed E-state index contributed by atoms with van der Waals surface area (Å²) in [7, 11) is 0. The predicted octanol–water partition coefficient (Wildman–Crippen LogP) is 17.7. The molecule has 8 aliphatic heterocycles. The second-order valence-corrected chi connectivity index (χ2v) is 33.8. The number of nitriles is 6. The zero-order chi connectivity index (χ0) is 102. The van der Waals surface area contributed by atoms with Gasteiger partial charge in [0.25, 0.3) is 82.7 Å². The maximum absolute atomic E-state index is 14.9. The second-order valence-electron chi connectivity index (χ2n) is 33.8. The number of carbonyl (C=O) groups is 16. The van der Waals surface area contributed by atoms with Crippen LogP contribution >= 0.6 is 0 Å². The van der Waals surface area contributed by atoms with Gasteiger partial charge in [-0.05, 0) is 144 Å². The molecule has 0 saturated carbocycles. The fourth-order valence-corrected chi connectivity index (χ4v) is 19.7. The van der Waals surface area contributed by atoms with Crippen molar-refractivity contribution in [2.24, 2.45) is 0 Å². The van der Waals surface area contributed by atoms with Gasteiger partial charge >= 0.3 is 0 Å². The Balaban J connectivity index is 0.000000147.